The molecule has 0 saturated carbocycles. The number of carboxylic acids is 1. The second kappa shape index (κ2) is 11.6. The van der Waals surface area contributed by atoms with Crippen molar-refractivity contribution in [3.8, 4) is 5.75 Å². The lowest BCUT2D eigenvalue weighted by Crippen LogP contribution is -2.48. The molecule has 42 heavy (non-hydrogen) atoms. The van der Waals surface area contributed by atoms with Crippen LogP contribution in [0.3, 0.4) is 0 Å². The highest BCUT2D eigenvalue weighted by Gasteiger charge is 2.41. The number of amides is 2. The van der Waals surface area contributed by atoms with Crippen molar-refractivity contribution in [1.82, 2.24) is 14.8 Å². The fraction of sp³-hybridized carbons (Fsp3) is 0.267. The zero-order valence-electron chi connectivity index (χ0n) is 22.4. The van der Waals surface area contributed by atoms with Gasteiger partial charge in [0.25, 0.3) is 11.8 Å². The van der Waals surface area contributed by atoms with Crippen LogP contribution in [-0.2, 0) is 17.9 Å². The van der Waals surface area contributed by atoms with Crippen molar-refractivity contribution in [1.29, 1.82) is 0 Å². The van der Waals surface area contributed by atoms with Crippen LogP contribution < -0.4 is 15.5 Å². The van der Waals surface area contributed by atoms with E-state index in [0.717, 1.165) is 12.3 Å². The van der Waals surface area contributed by atoms with Gasteiger partial charge in [0.05, 0.1) is 6.04 Å². The maximum absolute atomic E-state index is 14.2. The molecule has 0 spiro atoms. The van der Waals surface area contributed by atoms with Gasteiger partial charge in [-0.15, -0.1) is 0 Å². The van der Waals surface area contributed by atoms with Crippen molar-refractivity contribution in [2.45, 2.75) is 45.0 Å². The highest BCUT2D eigenvalue weighted by atomic mass is 19.1. The second-order valence-corrected chi connectivity index (χ2v) is 10.2. The van der Waals surface area contributed by atoms with Crippen LogP contribution in [0, 0.1) is 17.5 Å². The van der Waals surface area contributed by atoms with Gasteiger partial charge >= 0.3 is 5.97 Å². The van der Waals surface area contributed by atoms with Gasteiger partial charge in [0.15, 0.2) is 11.4 Å². The summed E-state index contributed by atoms with van der Waals surface area (Å²) in [4.78, 5) is 53.9. The van der Waals surface area contributed by atoms with Crippen LogP contribution in [-0.4, -0.2) is 44.9 Å². The van der Waals surface area contributed by atoms with E-state index in [2.05, 4.69) is 5.32 Å². The Morgan fingerprint density at radius 2 is 1.81 bits per heavy atom. The van der Waals surface area contributed by atoms with E-state index in [9.17, 15) is 37.5 Å². The third-order valence-corrected chi connectivity index (χ3v) is 7.48. The number of hydrogen-bond donors (Lipinski definition) is 2. The topological polar surface area (TPSA) is 118 Å². The summed E-state index contributed by atoms with van der Waals surface area (Å²) in [6.07, 6.45) is 3.02. The van der Waals surface area contributed by atoms with Crippen molar-refractivity contribution in [2.75, 3.05) is 6.54 Å². The van der Waals surface area contributed by atoms with Crippen LogP contribution in [0.5, 0.6) is 5.75 Å². The van der Waals surface area contributed by atoms with E-state index in [-0.39, 0.29) is 24.9 Å². The molecule has 2 N–H and O–H groups in total. The number of benzene rings is 2. The molecule has 2 aromatic carbocycles. The first-order valence-electron chi connectivity index (χ1n) is 13.2. The van der Waals surface area contributed by atoms with Gasteiger partial charge in [-0.3, -0.25) is 14.4 Å². The molecule has 2 amide bonds. The lowest BCUT2D eigenvalue weighted by molar-refractivity contribution is -0.131. The van der Waals surface area contributed by atoms with E-state index in [0.29, 0.717) is 36.1 Å². The first kappa shape index (κ1) is 28.7. The zero-order chi connectivity index (χ0) is 30.1. The van der Waals surface area contributed by atoms with Gasteiger partial charge in [-0.2, -0.15) is 0 Å². The van der Waals surface area contributed by atoms with E-state index in [1.54, 1.807) is 35.2 Å². The molecule has 0 unspecified atom stereocenters. The number of nitrogens with zero attached hydrogens (tertiary/aromatic N) is 2. The molecule has 0 radical (unpaired) electrons. The number of halogens is 3. The Labute approximate surface area is 237 Å². The van der Waals surface area contributed by atoms with Crippen molar-refractivity contribution < 1.29 is 37.4 Å². The summed E-state index contributed by atoms with van der Waals surface area (Å²) in [5, 5.41) is 11.8. The van der Waals surface area contributed by atoms with Crippen LogP contribution in [0.25, 0.3) is 0 Å². The molecule has 218 valence electrons. The first-order chi connectivity index (χ1) is 20.0. The largest absolute Gasteiger partial charge is 0.483 e. The number of hydrogen-bond acceptors (Lipinski definition) is 5. The van der Waals surface area contributed by atoms with Crippen molar-refractivity contribution in [2.24, 2.45) is 0 Å². The Balaban J connectivity index is 1.61. The number of aliphatic carboxylic acids is 1. The SMILES string of the molecule is C[C@H]1CCC(=CC(=O)O)[C@H]2CN1C(=O)c1c(OCc3ccccc3)c(=O)c(C(=O)NCc3c(F)cc(F)cc3F)cn12. The summed E-state index contributed by atoms with van der Waals surface area (Å²) in [5.74, 6) is -6.70. The summed E-state index contributed by atoms with van der Waals surface area (Å²) < 4.78 is 49.0. The standard InChI is InChI=1S/C30H26F3N3O6/c1-16-7-8-18(9-25(37)38)24-14-35(16)30(41)26-28(42-15-17-5-3-2-4-6-17)27(39)21(13-36(24)26)29(40)34-12-20-22(32)10-19(31)11-23(20)33/h2-6,9-11,13,16,24H,7-8,12,14-15H2,1H3,(H,34,40)(H,37,38)/t16-,24+/m0/s1. The number of rotatable bonds is 7. The Kier molecular flexibility index (Phi) is 7.88. The number of aromatic nitrogens is 1. The number of carboxylic acid groups (broad SMARTS) is 1. The minimum Gasteiger partial charge on any atom is -0.483 e. The zero-order valence-corrected chi connectivity index (χ0v) is 22.4. The highest BCUT2D eigenvalue weighted by Crippen LogP contribution is 2.37. The summed E-state index contributed by atoms with van der Waals surface area (Å²) >= 11 is 0. The predicted molar refractivity (Wildman–Crippen MR) is 143 cm³/mol. The van der Waals surface area contributed by atoms with Crippen LogP contribution in [0.4, 0.5) is 13.2 Å². The van der Waals surface area contributed by atoms with Gasteiger partial charge in [-0.1, -0.05) is 30.3 Å². The molecule has 9 nitrogen and oxygen atoms in total. The number of carbonyl (C=O) groups is 3. The summed E-state index contributed by atoms with van der Waals surface area (Å²) in [6, 6.07) is 8.73. The van der Waals surface area contributed by atoms with Gasteiger partial charge in [0.1, 0.15) is 29.6 Å². The van der Waals surface area contributed by atoms with Crippen LogP contribution in [0.1, 0.15) is 57.8 Å². The van der Waals surface area contributed by atoms with Crippen LogP contribution in [0.15, 0.2) is 65.1 Å². The molecule has 1 fully saturated rings. The molecular formula is C30H26F3N3O6. The molecule has 2 bridgehead atoms. The second-order valence-electron chi connectivity index (χ2n) is 10.2. The third-order valence-electron chi connectivity index (χ3n) is 7.48. The minimum atomic E-state index is -1.22. The number of ether oxygens (including phenoxy) is 1. The number of fused-ring (bicyclic) bond motifs is 4. The van der Waals surface area contributed by atoms with E-state index >= 15 is 0 Å². The van der Waals surface area contributed by atoms with E-state index in [4.69, 9.17) is 4.74 Å². The van der Waals surface area contributed by atoms with E-state index in [1.165, 1.54) is 4.57 Å². The van der Waals surface area contributed by atoms with Gasteiger partial charge in [-0.25, -0.2) is 18.0 Å². The molecule has 3 aromatic rings. The molecule has 1 aromatic heterocycles. The molecule has 3 heterocycles. The number of pyridine rings is 1. The minimum absolute atomic E-state index is 0.0974. The molecule has 2 aliphatic rings. The van der Waals surface area contributed by atoms with Gasteiger partial charge in [0, 0.05) is 49.1 Å². The summed E-state index contributed by atoms with van der Waals surface area (Å²) in [5.41, 5.74) is -1.01. The Morgan fingerprint density at radius 3 is 2.48 bits per heavy atom. The molecule has 5 rings (SSSR count). The molecular weight excluding hydrogens is 555 g/mol. The molecule has 2 aliphatic heterocycles. The van der Waals surface area contributed by atoms with E-state index < -0.39 is 70.1 Å². The molecule has 0 aliphatic carbocycles. The maximum atomic E-state index is 14.2. The lowest BCUT2D eigenvalue weighted by Gasteiger charge is -2.38. The quantitative estimate of drug-likeness (QED) is 0.408. The van der Waals surface area contributed by atoms with Gasteiger partial charge in [-0.05, 0) is 30.9 Å². The Bertz CT molecular complexity index is 1650. The fourth-order valence-electron chi connectivity index (χ4n) is 5.29. The summed E-state index contributed by atoms with van der Waals surface area (Å²) in [7, 11) is 0. The average Bonchev–Trinajstić information content (AvgIpc) is 3.07. The number of carbonyl (C=O) groups excluding carboxylic acids is 2. The van der Waals surface area contributed by atoms with Crippen molar-refractivity contribution in [3.05, 3.63) is 110 Å². The van der Waals surface area contributed by atoms with E-state index in [1.807, 2.05) is 6.92 Å². The smallest absolute Gasteiger partial charge is 0.328 e. The van der Waals surface area contributed by atoms with Crippen molar-refractivity contribution in [3.63, 3.8) is 0 Å². The first-order valence-corrected chi connectivity index (χ1v) is 13.2. The fourth-order valence-corrected chi connectivity index (χ4v) is 5.29. The highest BCUT2D eigenvalue weighted by molar-refractivity contribution is 5.99. The van der Waals surface area contributed by atoms with Crippen LogP contribution >= 0.6 is 0 Å². The predicted octanol–water partition coefficient (Wildman–Crippen LogP) is 3.96. The Morgan fingerprint density at radius 1 is 1.12 bits per heavy atom. The normalized spacial score (nSPS) is 18.8. The Hall–Kier alpha value is -4.87. The van der Waals surface area contributed by atoms with Gasteiger partial charge < -0.3 is 24.6 Å². The van der Waals surface area contributed by atoms with Crippen molar-refractivity contribution >= 4 is 17.8 Å². The average molecular weight is 582 g/mol. The molecule has 1 saturated heterocycles. The maximum Gasteiger partial charge on any atom is 0.328 e. The summed E-state index contributed by atoms with van der Waals surface area (Å²) in [6.45, 7) is 1.11. The molecule has 2 atom stereocenters. The lowest BCUT2D eigenvalue weighted by atomic mass is 9.99. The van der Waals surface area contributed by atoms with Crippen LogP contribution in [0.2, 0.25) is 0 Å². The third kappa shape index (κ3) is 5.52. The monoisotopic (exact) mass is 581 g/mol. The number of nitrogens with one attached hydrogen (secondary N) is 1. The molecule has 12 heteroatoms. The van der Waals surface area contributed by atoms with Gasteiger partial charge in [0.2, 0.25) is 5.43 Å².